The molecule has 0 bridgehead atoms. The number of halogens is 1. The Morgan fingerprint density at radius 1 is 1.64 bits per heavy atom. The zero-order valence-corrected chi connectivity index (χ0v) is 7.80. The lowest BCUT2D eigenvalue weighted by molar-refractivity contribution is 1.31. The van der Waals surface area contributed by atoms with Crippen LogP contribution in [-0.4, -0.2) is 0 Å². The SMILES string of the molecule is C\C(N)=C/C(Br)=C\C=C\C#N. The molecule has 58 valence electrons. The minimum Gasteiger partial charge on any atom is -0.402 e. The van der Waals surface area contributed by atoms with Gasteiger partial charge in [0.15, 0.2) is 0 Å². The van der Waals surface area contributed by atoms with Gasteiger partial charge < -0.3 is 5.73 Å². The average molecular weight is 213 g/mol. The average Bonchev–Trinajstić information content (AvgIpc) is 1.86. The topological polar surface area (TPSA) is 49.8 Å². The summed E-state index contributed by atoms with van der Waals surface area (Å²) in [6.45, 7) is 1.79. The summed E-state index contributed by atoms with van der Waals surface area (Å²) >= 11 is 3.25. The molecule has 0 spiro atoms. The van der Waals surface area contributed by atoms with E-state index < -0.39 is 0 Å². The van der Waals surface area contributed by atoms with Gasteiger partial charge in [0.05, 0.1) is 6.07 Å². The molecule has 2 N–H and O–H groups in total. The maximum Gasteiger partial charge on any atom is 0.0912 e. The van der Waals surface area contributed by atoms with Crippen LogP contribution in [0.5, 0.6) is 0 Å². The number of allylic oxidation sites excluding steroid dienone is 6. The van der Waals surface area contributed by atoms with E-state index in [1.807, 2.05) is 6.07 Å². The van der Waals surface area contributed by atoms with Crippen LogP contribution in [0.4, 0.5) is 0 Å². The third kappa shape index (κ3) is 6.88. The van der Waals surface area contributed by atoms with Gasteiger partial charge in [0.2, 0.25) is 0 Å². The molecule has 0 amide bonds. The molecule has 0 aromatic carbocycles. The van der Waals surface area contributed by atoms with Crippen LogP contribution >= 0.6 is 15.9 Å². The molecule has 0 fully saturated rings. The summed E-state index contributed by atoms with van der Waals surface area (Å²) in [6.07, 6.45) is 6.55. The van der Waals surface area contributed by atoms with Crippen molar-refractivity contribution >= 4 is 15.9 Å². The molecule has 0 aromatic heterocycles. The first-order chi connectivity index (χ1) is 5.16. The van der Waals surface area contributed by atoms with Gasteiger partial charge in [-0.1, -0.05) is 22.0 Å². The first-order valence-electron chi connectivity index (χ1n) is 3.02. The van der Waals surface area contributed by atoms with Crippen molar-refractivity contribution in [3.05, 3.63) is 34.5 Å². The molecule has 0 unspecified atom stereocenters. The minimum atomic E-state index is 0.721. The number of nitriles is 1. The summed E-state index contributed by atoms with van der Waals surface area (Å²) in [5.74, 6) is 0. The van der Waals surface area contributed by atoms with Gasteiger partial charge >= 0.3 is 0 Å². The molecule has 11 heavy (non-hydrogen) atoms. The first-order valence-corrected chi connectivity index (χ1v) is 3.82. The Bertz CT molecular complexity index is 239. The van der Waals surface area contributed by atoms with E-state index in [0.29, 0.717) is 0 Å². The third-order valence-corrected chi connectivity index (χ3v) is 1.29. The van der Waals surface area contributed by atoms with Crippen LogP contribution in [0.3, 0.4) is 0 Å². The van der Waals surface area contributed by atoms with Crippen molar-refractivity contribution in [1.82, 2.24) is 0 Å². The van der Waals surface area contributed by atoms with Crippen molar-refractivity contribution < 1.29 is 0 Å². The number of hydrogen-bond donors (Lipinski definition) is 1. The highest BCUT2D eigenvalue weighted by Gasteiger charge is 1.81. The fourth-order valence-electron chi connectivity index (χ4n) is 0.449. The predicted octanol–water partition coefficient (Wildman–Crippen LogP) is 2.21. The Hall–Kier alpha value is -1.01. The summed E-state index contributed by atoms with van der Waals surface area (Å²) < 4.78 is 0.851. The summed E-state index contributed by atoms with van der Waals surface area (Å²) in [4.78, 5) is 0. The predicted molar refractivity (Wildman–Crippen MR) is 49.7 cm³/mol. The van der Waals surface area contributed by atoms with Crippen molar-refractivity contribution in [3.63, 3.8) is 0 Å². The van der Waals surface area contributed by atoms with E-state index in [0.717, 1.165) is 10.2 Å². The van der Waals surface area contributed by atoms with E-state index in [1.54, 1.807) is 25.2 Å². The number of nitrogens with two attached hydrogens (primary N) is 1. The Balaban J connectivity index is 4.15. The van der Waals surface area contributed by atoms with E-state index >= 15 is 0 Å². The molecular formula is C8H9BrN2. The number of nitrogens with zero attached hydrogens (tertiary/aromatic N) is 1. The molecule has 0 rings (SSSR count). The monoisotopic (exact) mass is 212 g/mol. The van der Waals surface area contributed by atoms with Crippen LogP contribution in [-0.2, 0) is 0 Å². The molecule has 2 nitrogen and oxygen atoms in total. The normalized spacial score (nSPS) is 13.5. The van der Waals surface area contributed by atoms with Gasteiger partial charge in [-0.25, -0.2) is 0 Å². The largest absolute Gasteiger partial charge is 0.402 e. The van der Waals surface area contributed by atoms with E-state index in [4.69, 9.17) is 11.0 Å². The van der Waals surface area contributed by atoms with Crippen LogP contribution < -0.4 is 5.73 Å². The van der Waals surface area contributed by atoms with Crippen LogP contribution in [0, 0.1) is 11.3 Å². The summed E-state index contributed by atoms with van der Waals surface area (Å²) in [6, 6.07) is 1.88. The lowest BCUT2D eigenvalue weighted by Crippen LogP contribution is -1.88. The van der Waals surface area contributed by atoms with Crippen molar-refractivity contribution in [2.45, 2.75) is 6.92 Å². The van der Waals surface area contributed by atoms with E-state index in [1.165, 1.54) is 6.08 Å². The summed E-state index contributed by atoms with van der Waals surface area (Å²) in [7, 11) is 0. The quantitative estimate of drug-likeness (QED) is 0.564. The Labute approximate surface area is 74.8 Å². The van der Waals surface area contributed by atoms with Gasteiger partial charge in [0, 0.05) is 16.3 Å². The molecule has 0 saturated heterocycles. The Kier molecular flexibility index (Phi) is 5.22. The van der Waals surface area contributed by atoms with Crippen LogP contribution in [0.1, 0.15) is 6.92 Å². The summed E-state index contributed by atoms with van der Waals surface area (Å²) in [5.41, 5.74) is 6.12. The second-order valence-corrected chi connectivity index (χ2v) is 2.84. The molecule has 0 aliphatic carbocycles. The second-order valence-electron chi connectivity index (χ2n) is 1.93. The Morgan fingerprint density at radius 2 is 2.27 bits per heavy atom. The van der Waals surface area contributed by atoms with Crippen LogP contribution in [0.25, 0.3) is 0 Å². The maximum atomic E-state index is 8.14. The zero-order chi connectivity index (χ0) is 8.69. The van der Waals surface area contributed by atoms with E-state index in [9.17, 15) is 0 Å². The van der Waals surface area contributed by atoms with E-state index in [-0.39, 0.29) is 0 Å². The fraction of sp³-hybridized carbons (Fsp3) is 0.125. The van der Waals surface area contributed by atoms with Gasteiger partial charge in [-0.05, 0) is 19.1 Å². The Morgan fingerprint density at radius 3 is 2.73 bits per heavy atom. The van der Waals surface area contributed by atoms with Crippen LogP contribution in [0.2, 0.25) is 0 Å². The zero-order valence-electron chi connectivity index (χ0n) is 6.21. The van der Waals surface area contributed by atoms with Gasteiger partial charge in [-0.2, -0.15) is 5.26 Å². The molecule has 3 heteroatoms. The molecule has 0 saturated carbocycles. The van der Waals surface area contributed by atoms with Crippen molar-refractivity contribution in [2.75, 3.05) is 0 Å². The van der Waals surface area contributed by atoms with Crippen molar-refractivity contribution in [2.24, 2.45) is 5.73 Å². The fourth-order valence-corrected chi connectivity index (χ4v) is 0.962. The molecule has 0 heterocycles. The van der Waals surface area contributed by atoms with Gasteiger partial charge in [0.1, 0.15) is 0 Å². The van der Waals surface area contributed by atoms with Crippen LogP contribution in [0.15, 0.2) is 34.5 Å². The van der Waals surface area contributed by atoms with Gasteiger partial charge in [-0.15, -0.1) is 0 Å². The molecule has 0 aromatic rings. The lowest BCUT2D eigenvalue weighted by atomic mass is 10.4. The number of hydrogen-bond acceptors (Lipinski definition) is 2. The van der Waals surface area contributed by atoms with Crippen molar-refractivity contribution in [1.29, 1.82) is 5.26 Å². The number of rotatable bonds is 2. The van der Waals surface area contributed by atoms with Gasteiger partial charge in [-0.3, -0.25) is 0 Å². The highest BCUT2D eigenvalue weighted by molar-refractivity contribution is 9.11. The highest BCUT2D eigenvalue weighted by Crippen LogP contribution is 2.07. The molecule has 0 aliphatic rings. The summed E-state index contributed by atoms with van der Waals surface area (Å²) in [5, 5.41) is 8.14. The highest BCUT2D eigenvalue weighted by atomic mass is 79.9. The molecular weight excluding hydrogens is 204 g/mol. The minimum absolute atomic E-state index is 0.721. The smallest absolute Gasteiger partial charge is 0.0912 e. The molecule has 0 atom stereocenters. The first kappa shape index (κ1) is 9.99. The van der Waals surface area contributed by atoms with Crippen molar-refractivity contribution in [3.8, 4) is 6.07 Å². The molecule has 0 radical (unpaired) electrons. The molecule has 0 aliphatic heterocycles. The standard InChI is InChI=1S/C8H9BrN2/c1-7(11)6-8(9)4-2-3-5-10/h2-4,6H,11H2,1H3/b3-2+,7-6+,8-4+. The van der Waals surface area contributed by atoms with Gasteiger partial charge in [0.25, 0.3) is 0 Å². The maximum absolute atomic E-state index is 8.14. The second kappa shape index (κ2) is 5.75. The lowest BCUT2D eigenvalue weighted by Gasteiger charge is -1.88. The van der Waals surface area contributed by atoms with E-state index in [2.05, 4.69) is 15.9 Å². The third-order valence-electron chi connectivity index (χ3n) is 0.792.